The third-order valence-corrected chi connectivity index (χ3v) is 8.01. The van der Waals surface area contributed by atoms with Crippen molar-refractivity contribution in [2.75, 3.05) is 40.6 Å². The Kier molecular flexibility index (Phi) is 10.1. The predicted octanol–water partition coefficient (Wildman–Crippen LogP) is 5.73. The van der Waals surface area contributed by atoms with Gasteiger partial charge in [0, 0.05) is 35.9 Å². The third kappa shape index (κ3) is 6.43. The zero-order valence-corrected chi connectivity index (χ0v) is 25.6. The number of benzene rings is 2. The van der Waals surface area contributed by atoms with Crippen LogP contribution in [-0.2, 0) is 19.1 Å². The first-order chi connectivity index (χ1) is 19.7. The molecule has 0 amide bonds. The van der Waals surface area contributed by atoms with Crippen LogP contribution in [-0.4, -0.2) is 63.2 Å². The number of ether oxygens (including phenoxy) is 5. The molecule has 3 atom stereocenters. The summed E-state index contributed by atoms with van der Waals surface area (Å²) in [6.07, 6.45) is 0.747. The van der Waals surface area contributed by atoms with Gasteiger partial charge < -0.3 is 28.8 Å². The van der Waals surface area contributed by atoms with Crippen LogP contribution in [0.1, 0.15) is 56.6 Å². The lowest BCUT2D eigenvalue weighted by atomic mass is 9.69. The van der Waals surface area contributed by atoms with Crippen LogP contribution in [0, 0.1) is 5.92 Å². The van der Waals surface area contributed by atoms with Crippen molar-refractivity contribution in [3.05, 3.63) is 57.2 Å². The van der Waals surface area contributed by atoms with Gasteiger partial charge in [-0.2, -0.15) is 0 Å². The highest BCUT2D eigenvalue weighted by molar-refractivity contribution is 9.10. The Morgan fingerprint density at radius 2 is 1.73 bits per heavy atom. The number of Topliss-reactive ketones (excluding diaryl/α,β-unsaturated/α-hetero) is 1. The molecule has 2 aliphatic rings. The molecule has 1 N–H and O–H groups in total. The molecule has 0 fully saturated rings. The van der Waals surface area contributed by atoms with E-state index in [0.29, 0.717) is 58.2 Å². The van der Waals surface area contributed by atoms with Crippen molar-refractivity contribution in [2.45, 2.75) is 45.4 Å². The third-order valence-electron chi connectivity index (χ3n) is 7.41. The van der Waals surface area contributed by atoms with E-state index >= 15 is 0 Å². The summed E-state index contributed by atoms with van der Waals surface area (Å²) in [5, 5.41) is 10.6. The molecule has 0 spiro atoms. The molecule has 1 aliphatic heterocycles. The van der Waals surface area contributed by atoms with Gasteiger partial charge in [-0.3, -0.25) is 14.6 Å². The maximum Gasteiger partial charge on any atom is 0.315 e. The Morgan fingerprint density at radius 3 is 2.41 bits per heavy atom. The number of hydrogen-bond acceptors (Lipinski definition) is 9. The number of allylic oxidation sites excluding steroid dienone is 2. The minimum absolute atomic E-state index is 0.0506. The first kappa shape index (κ1) is 30.6. The first-order valence-electron chi connectivity index (χ1n) is 13.7. The Labute approximate surface area is 248 Å². The van der Waals surface area contributed by atoms with Gasteiger partial charge >= 0.3 is 5.97 Å². The summed E-state index contributed by atoms with van der Waals surface area (Å²) >= 11 is 3.42. The number of ketones is 1. The second-order valence-electron chi connectivity index (χ2n) is 9.86. The molecule has 220 valence electrons. The lowest BCUT2D eigenvalue weighted by Crippen LogP contribution is -2.38. The summed E-state index contributed by atoms with van der Waals surface area (Å²) in [7, 11) is 3.16. The maximum absolute atomic E-state index is 14.0. The highest BCUT2D eigenvalue weighted by atomic mass is 79.9. The molecule has 9 nitrogen and oxygen atoms in total. The van der Waals surface area contributed by atoms with E-state index in [4.69, 9.17) is 28.7 Å². The number of hydrogen-bond donors (Lipinski definition) is 1. The lowest BCUT2D eigenvalue weighted by molar-refractivity contribution is -0.148. The summed E-state index contributed by atoms with van der Waals surface area (Å²) in [5.74, 6) is -0.803. The van der Waals surface area contributed by atoms with Crippen LogP contribution in [0.4, 0.5) is 0 Å². The molecule has 0 aromatic heterocycles. The van der Waals surface area contributed by atoms with Crippen LogP contribution in [0.5, 0.6) is 23.0 Å². The van der Waals surface area contributed by atoms with E-state index in [2.05, 4.69) is 15.9 Å². The van der Waals surface area contributed by atoms with E-state index in [1.807, 2.05) is 32.0 Å². The largest absolute Gasteiger partial charge is 0.503 e. The molecule has 0 bridgehead atoms. The minimum atomic E-state index is -0.831. The second kappa shape index (κ2) is 13.5. The number of aromatic hydroxyl groups is 1. The number of carbonyl (C=O) groups is 2. The molecule has 41 heavy (non-hydrogen) atoms. The summed E-state index contributed by atoms with van der Waals surface area (Å²) in [6, 6.07) is 9.07. The van der Waals surface area contributed by atoms with Gasteiger partial charge in [-0.1, -0.05) is 6.07 Å². The van der Waals surface area contributed by atoms with E-state index in [-0.39, 0.29) is 42.8 Å². The Hall–Kier alpha value is -3.37. The average Bonchev–Trinajstić information content (AvgIpc) is 2.96. The van der Waals surface area contributed by atoms with E-state index in [9.17, 15) is 14.7 Å². The van der Waals surface area contributed by atoms with Crippen LogP contribution < -0.4 is 14.2 Å². The van der Waals surface area contributed by atoms with Gasteiger partial charge in [-0.15, -0.1) is 0 Å². The number of carbonyl (C=O) groups excluding carboxylic acids is 2. The monoisotopic (exact) mass is 629 g/mol. The number of esters is 1. The van der Waals surface area contributed by atoms with Crippen molar-refractivity contribution in [1.29, 1.82) is 0 Å². The van der Waals surface area contributed by atoms with Gasteiger partial charge in [-0.05, 0) is 84.4 Å². The van der Waals surface area contributed by atoms with Crippen molar-refractivity contribution in [3.8, 4) is 23.0 Å². The van der Waals surface area contributed by atoms with E-state index in [1.165, 1.54) is 0 Å². The van der Waals surface area contributed by atoms with Crippen LogP contribution >= 0.6 is 15.9 Å². The lowest BCUT2D eigenvalue weighted by Gasteiger charge is -2.36. The normalized spacial score (nSPS) is 20.3. The van der Waals surface area contributed by atoms with Gasteiger partial charge in [0.25, 0.3) is 0 Å². The van der Waals surface area contributed by atoms with Gasteiger partial charge in [0.1, 0.15) is 12.5 Å². The van der Waals surface area contributed by atoms with Gasteiger partial charge in [-0.25, -0.2) is 0 Å². The number of phenols is 1. The standard InChI is InChI=1S/C31H36BrNO8/c1-6-39-10-11-41-31(36)27-17(3)33-22-13-19(18-8-9-24(37-4)25(15-18)38-5)14-23(34)29(22)28(27)20-12-21(32)30(35)26(16-20)40-7-2/h8-9,12,15-16,19,27-28,35H,6-7,10-11,13-14H2,1-5H3/t19-,27?,28-/m1/s1. The number of phenolic OH excluding ortho intramolecular Hbond substituents is 1. The molecule has 4 rings (SSSR count). The molecule has 10 heteroatoms. The summed E-state index contributed by atoms with van der Waals surface area (Å²) in [4.78, 5) is 32.3. The number of rotatable bonds is 11. The quantitative estimate of drug-likeness (QED) is 0.248. The Morgan fingerprint density at radius 1 is 1.00 bits per heavy atom. The molecular formula is C31H36BrNO8. The first-order valence-corrected chi connectivity index (χ1v) is 14.5. The smallest absolute Gasteiger partial charge is 0.315 e. The highest BCUT2D eigenvalue weighted by Gasteiger charge is 2.45. The molecule has 2 aromatic rings. The van der Waals surface area contributed by atoms with Crippen molar-refractivity contribution < 1.29 is 38.4 Å². The average molecular weight is 631 g/mol. The fourth-order valence-electron chi connectivity index (χ4n) is 5.54. The molecular weight excluding hydrogens is 594 g/mol. The maximum atomic E-state index is 14.0. The van der Waals surface area contributed by atoms with Crippen LogP contribution in [0.3, 0.4) is 0 Å². The van der Waals surface area contributed by atoms with Crippen molar-refractivity contribution >= 4 is 33.4 Å². The number of halogens is 1. The minimum Gasteiger partial charge on any atom is -0.503 e. The Balaban J connectivity index is 1.78. The number of nitrogens with zero attached hydrogens (tertiary/aromatic N) is 1. The fraction of sp³-hybridized carbons (Fsp3) is 0.452. The molecule has 1 aliphatic carbocycles. The summed E-state index contributed by atoms with van der Waals surface area (Å²) in [6.45, 7) is 6.68. The SMILES string of the molecule is CCOCCOC(=O)C1C(C)=NC2=C(C(=O)C[C@H](c3ccc(OC)c(OC)c3)C2)[C@@H]1c1cc(Br)c(O)c(OCC)c1. The summed E-state index contributed by atoms with van der Waals surface area (Å²) in [5.41, 5.74) is 3.27. The van der Waals surface area contributed by atoms with Crippen LogP contribution in [0.15, 0.2) is 51.1 Å². The van der Waals surface area contributed by atoms with Gasteiger partial charge in [0.15, 0.2) is 28.8 Å². The molecule has 0 saturated heterocycles. The van der Waals surface area contributed by atoms with Crippen molar-refractivity contribution in [3.63, 3.8) is 0 Å². The van der Waals surface area contributed by atoms with E-state index in [0.717, 1.165) is 5.56 Å². The topological polar surface area (TPSA) is 113 Å². The molecule has 2 aromatic carbocycles. The van der Waals surface area contributed by atoms with Crippen molar-refractivity contribution in [2.24, 2.45) is 10.9 Å². The number of aliphatic imine (C=N–C) groups is 1. The fourth-order valence-corrected chi connectivity index (χ4v) is 6.00. The molecule has 0 saturated carbocycles. The van der Waals surface area contributed by atoms with Crippen LogP contribution in [0.2, 0.25) is 0 Å². The van der Waals surface area contributed by atoms with Gasteiger partial charge in [0.05, 0.1) is 31.9 Å². The molecule has 0 radical (unpaired) electrons. The molecule has 1 unspecified atom stereocenters. The highest BCUT2D eigenvalue weighted by Crippen LogP contribution is 2.49. The zero-order valence-electron chi connectivity index (χ0n) is 24.0. The van der Waals surface area contributed by atoms with E-state index < -0.39 is 17.8 Å². The predicted molar refractivity (Wildman–Crippen MR) is 157 cm³/mol. The second-order valence-corrected chi connectivity index (χ2v) is 10.7. The van der Waals surface area contributed by atoms with Crippen molar-refractivity contribution in [1.82, 2.24) is 0 Å². The zero-order chi connectivity index (χ0) is 29.7. The molecule has 1 heterocycles. The Bertz CT molecular complexity index is 1370. The van der Waals surface area contributed by atoms with Crippen LogP contribution in [0.25, 0.3) is 0 Å². The summed E-state index contributed by atoms with van der Waals surface area (Å²) < 4.78 is 27.9. The van der Waals surface area contributed by atoms with E-state index in [1.54, 1.807) is 33.3 Å². The number of methoxy groups -OCH3 is 2. The van der Waals surface area contributed by atoms with Gasteiger partial charge in [0.2, 0.25) is 0 Å².